The van der Waals surface area contributed by atoms with Gasteiger partial charge in [0.2, 0.25) is 0 Å². The molecule has 0 amide bonds. The highest BCUT2D eigenvalue weighted by Crippen LogP contribution is 2.19. The Hall–Kier alpha value is -1.32. The first-order chi connectivity index (χ1) is 6.63. The second-order valence-corrected chi connectivity index (χ2v) is 3.09. The molecule has 0 aliphatic carbocycles. The lowest BCUT2D eigenvalue weighted by molar-refractivity contribution is -0.131. The van der Waals surface area contributed by atoms with Crippen LogP contribution in [0.1, 0.15) is 11.1 Å². The highest BCUT2D eigenvalue weighted by molar-refractivity contribution is 6.32. The highest BCUT2D eigenvalue weighted by Gasteiger charge is 1.98. The second kappa shape index (κ2) is 4.79. The van der Waals surface area contributed by atoms with Crippen LogP contribution >= 0.6 is 11.6 Å². The zero-order chi connectivity index (χ0) is 10.6. The number of rotatable bonds is 3. The Bertz CT molecular complexity index is 372. The molecule has 0 aliphatic rings. The Morgan fingerprint density at radius 1 is 1.50 bits per heavy atom. The fourth-order valence-electron chi connectivity index (χ4n) is 0.980. The molecule has 0 aromatic heterocycles. The number of benzene rings is 1. The molecule has 1 aromatic carbocycles. The van der Waals surface area contributed by atoms with Crippen molar-refractivity contribution in [2.24, 2.45) is 0 Å². The van der Waals surface area contributed by atoms with E-state index >= 15 is 0 Å². The predicted molar refractivity (Wildman–Crippen MR) is 54.0 cm³/mol. The summed E-state index contributed by atoms with van der Waals surface area (Å²) in [7, 11) is 0. The fraction of sp³-hybridized carbons (Fsp3) is 0.100. The highest BCUT2D eigenvalue weighted by atomic mass is 35.5. The van der Waals surface area contributed by atoms with Crippen molar-refractivity contribution in [1.29, 1.82) is 0 Å². The number of aliphatic hydroxyl groups excluding tert-OH is 1. The largest absolute Gasteiger partial charge is 0.478 e. The van der Waals surface area contributed by atoms with Gasteiger partial charge in [0.1, 0.15) is 0 Å². The van der Waals surface area contributed by atoms with Crippen LogP contribution in [-0.4, -0.2) is 16.2 Å². The van der Waals surface area contributed by atoms with Gasteiger partial charge in [-0.25, -0.2) is 4.79 Å². The maximum Gasteiger partial charge on any atom is 0.328 e. The standard InChI is InChI=1S/C10H9ClO3/c11-9-3-1-7(6-12)5-8(9)2-4-10(13)14/h1-5,12H,6H2,(H,13,14). The molecule has 3 nitrogen and oxygen atoms in total. The first-order valence-electron chi connectivity index (χ1n) is 3.94. The lowest BCUT2D eigenvalue weighted by Crippen LogP contribution is -1.88. The third-order valence-corrected chi connectivity index (χ3v) is 1.99. The summed E-state index contributed by atoms with van der Waals surface area (Å²) in [5.41, 5.74) is 1.28. The zero-order valence-corrected chi connectivity index (χ0v) is 8.03. The van der Waals surface area contributed by atoms with Crippen LogP contribution in [0.25, 0.3) is 6.08 Å². The summed E-state index contributed by atoms with van der Waals surface area (Å²) >= 11 is 5.81. The first-order valence-corrected chi connectivity index (χ1v) is 4.31. The van der Waals surface area contributed by atoms with Gasteiger partial charge in [-0.3, -0.25) is 0 Å². The van der Waals surface area contributed by atoms with E-state index in [-0.39, 0.29) is 6.61 Å². The van der Waals surface area contributed by atoms with Gasteiger partial charge in [-0.15, -0.1) is 0 Å². The summed E-state index contributed by atoms with van der Waals surface area (Å²) in [6, 6.07) is 4.94. The normalized spacial score (nSPS) is 10.7. The molecule has 1 aromatic rings. The van der Waals surface area contributed by atoms with Gasteiger partial charge in [0.15, 0.2) is 0 Å². The van der Waals surface area contributed by atoms with Gasteiger partial charge in [-0.05, 0) is 29.3 Å². The van der Waals surface area contributed by atoms with Crippen LogP contribution in [0.4, 0.5) is 0 Å². The molecule has 74 valence electrons. The molecule has 0 saturated carbocycles. The molecular formula is C10H9ClO3. The van der Waals surface area contributed by atoms with Gasteiger partial charge < -0.3 is 10.2 Å². The third kappa shape index (κ3) is 2.87. The van der Waals surface area contributed by atoms with Gasteiger partial charge in [0.25, 0.3) is 0 Å². The maximum atomic E-state index is 10.3. The number of carbonyl (C=O) groups is 1. The summed E-state index contributed by atoms with van der Waals surface area (Å²) in [6.07, 6.45) is 2.40. The SMILES string of the molecule is O=C(O)C=Cc1cc(CO)ccc1Cl. The number of hydrogen-bond donors (Lipinski definition) is 2. The molecule has 0 heterocycles. The molecule has 0 unspecified atom stereocenters. The van der Waals surface area contributed by atoms with Crippen molar-refractivity contribution in [1.82, 2.24) is 0 Å². The molecule has 14 heavy (non-hydrogen) atoms. The monoisotopic (exact) mass is 212 g/mol. The van der Waals surface area contributed by atoms with Crippen molar-refractivity contribution in [3.8, 4) is 0 Å². The van der Waals surface area contributed by atoms with E-state index in [0.29, 0.717) is 16.1 Å². The van der Waals surface area contributed by atoms with Crippen molar-refractivity contribution in [3.05, 3.63) is 40.4 Å². The molecule has 0 fully saturated rings. The first kappa shape index (κ1) is 10.8. The minimum absolute atomic E-state index is 0.0922. The lowest BCUT2D eigenvalue weighted by atomic mass is 10.1. The van der Waals surface area contributed by atoms with Crippen molar-refractivity contribution >= 4 is 23.6 Å². The van der Waals surface area contributed by atoms with E-state index in [4.69, 9.17) is 21.8 Å². The molecule has 0 saturated heterocycles. The summed E-state index contributed by atoms with van der Waals surface area (Å²) in [6.45, 7) is -0.0922. The van der Waals surface area contributed by atoms with E-state index in [1.54, 1.807) is 18.2 Å². The summed E-state index contributed by atoms with van der Waals surface area (Å²) in [5.74, 6) is -1.03. The van der Waals surface area contributed by atoms with E-state index < -0.39 is 5.97 Å². The topological polar surface area (TPSA) is 57.5 Å². The Labute approximate surface area is 86.3 Å². The van der Waals surface area contributed by atoms with Gasteiger partial charge in [-0.1, -0.05) is 17.7 Å². The molecule has 0 aliphatic heterocycles. The van der Waals surface area contributed by atoms with Gasteiger partial charge in [0.05, 0.1) is 6.61 Å². The molecule has 0 spiro atoms. The van der Waals surface area contributed by atoms with Crippen molar-refractivity contribution < 1.29 is 15.0 Å². The fourth-order valence-corrected chi connectivity index (χ4v) is 1.16. The van der Waals surface area contributed by atoms with Crippen molar-refractivity contribution in [3.63, 3.8) is 0 Å². The van der Waals surface area contributed by atoms with E-state index in [1.165, 1.54) is 6.08 Å². The quantitative estimate of drug-likeness (QED) is 0.753. The summed E-state index contributed by atoms with van der Waals surface area (Å²) < 4.78 is 0. The number of carboxylic acids is 1. The van der Waals surface area contributed by atoms with E-state index in [2.05, 4.69) is 0 Å². The van der Waals surface area contributed by atoms with Crippen molar-refractivity contribution in [2.45, 2.75) is 6.61 Å². The number of halogens is 1. The number of aliphatic hydroxyl groups is 1. The van der Waals surface area contributed by atoms with Gasteiger partial charge in [0, 0.05) is 11.1 Å². The van der Waals surface area contributed by atoms with Crippen LogP contribution in [0.3, 0.4) is 0 Å². The molecule has 0 atom stereocenters. The minimum Gasteiger partial charge on any atom is -0.478 e. The van der Waals surface area contributed by atoms with E-state index in [0.717, 1.165) is 6.08 Å². The van der Waals surface area contributed by atoms with E-state index in [1.807, 2.05) is 0 Å². The average Bonchev–Trinajstić information content (AvgIpc) is 2.16. The number of carboxylic acid groups (broad SMARTS) is 1. The number of aliphatic carboxylic acids is 1. The van der Waals surface area contributed by atoms with E-state index in [9.17, 15) is 4.79 Å². The molecule has 4 heteroatoms. The molecule has 0 radical (unpaired) electrons. The Balaban J connectivity index is 3.00. The molecule has 2 N–H and O–H groups in total. The average molecular weight is 213 g/mol. The minimum atomic E-state index is -1.03. The summed E-state index contributed by atoms with van der Waals surface area (Å²) in [5, 5.41) is 17.7. The van der Waals surface area contributed by atoms with Crippen LogP contribution in [0.15, 0.2) is 24.3 Å². The summed E-state index contributed by atoms with van der Waals surface area (Å²) in [4.78, 5) is 10.3. The van der Waals surface area contributed by atoms with Crippen LogP contribution in [0, 0.1) is 0 Å². The van der Waals surface area contributed by atoms with Gasteiger partial charge in [-0.2, -0.15) is 0 Å². The predicted octanol–water partition coefficient (Wildman–Crippen LogP) is 1.93. The van der Waals surface area contributed by atoms with Crippen LogP contribution in [-0.2, 0) is 11.4 Å². The van der Waals surface area contributed by atoms with Gasteiger partial charge >= 0.3 is 5.97 Å². The lowest BCUT2D eigenvalue weighted by Gasteiger charge is -2.00. The Morgan fingerprint density at radius 2 is 2.21 bits per heavy atom. The Kier molecular flexibility index (Phi) is 3.68. The van der Waals surface area contributed by atoms with Crippen LogP contribution in [0.2, 0.25) is 5.02 Å². The smallest absolute Gasteiger partial charge is 0.328 e. The number of hydrogen-bond acceptors (Lipinski definition) is 2. The van der Waals surface area contributed by atoms with Crippen LogP contribution < -0.4 is 0 Å². The third-order valence-electron chi connectivity index (χ3n) is 1.65. The molecular weight excluding hydrogens is 204 g/mol. The molecule has 1 rings (SSSR count). The van der Waals surface area contributed by atoms with Crippen LogP contribution in [0.5, 0.6) is 0 Å². The maximum absolute atomic E-state index is 10.3. The Morgan fingerprint density at radius 3 is 2.79 bits per heavy atom. The van der Waals surface area contributed by atoms with Crippen molar-refractivity contribution in [2.75, 3.05) is 0 Å². The molecule has 0 bridgehead atoms. The zero-order valence-electron chi connectivity index (χ0n) is 7.27. The second-order valence-electron chi connectivity index (χ2n) is 2.69.